The molecule has 0 bridgehead atoms. The number of nitrogen functional groups attached to an aromatic ring is 2. The number of likely N-dealkylation sites (tertiary alicyclic amines) is 1. The quantitative estimate of drug-likeness (QED) is 0.700. The number of carbonyl (C=O) groups excluding carboxylic acids is 2. The van der Waals surface area contributed by atoms with Crippen molar-refractivity contribution in [2.45, 2.75) is 25.8 Å². The van der Waals surface area contributed by atoms with Crippen molar-refractivity contribution in [2.24, 2.45) is 0 Å². The first-order valence-electron chi connectivity index (χ1n) is 6.71. The van der Waals surface area contributed by atoms with Crippen LogP contribution >= 0.6 is 0 Å². The van der Waals surface area contributed by atoms with Gasteiger partial charge in [-0.05, 0) is 31.5 Å². The second-order valence-electron chi connectivity index (χ2n) is 5.16. The SMILES string of the molecule is CC(CN1CCCC1=O)NC(=O)c1ccc(N)cc1N. The molecular weight excluding hydrogens is 256 g/mol. The van der Waals surface area contributed by atoms with E-state index in [0.717, 1.165) is 13.0 Å². The van der Waals surface area contributed by atoms with Crippen LogP contribution in [-0.2, 0) is 4.79 Å². The van der Waals surface area contributed by atoms with Crippen molar-refractivity contribution in [3.63, 3.8) is 0 Å². The fourth-order valence-corrected chi connectivity index (χ4v) is 2.36. The van der Waals surface area contributed by atoms with Crippen LogP contribution in [-0.4, -0.2) is 35.8 Å². The first-order chi connectivity index (χ1) is 9.47. The number of rotatable bonds is 4. The van der Waals surface area contributed by atoms with E-state index < -0.39 is 0 Å². The molecular formula is C14H20N4O2. The number of nitrogens with zero attached hydrogens (tertiary/aromatic N) is 1. The van der Waals surface area contributed by atoms with Crippen molar-refractivity contribution >= 4 is 23.2 Å². The molecule has 0 aliphatic carbocycles. The van der Waals surface area contributed by atoms with Gasteiger partial charge in [-0.15, -0.1) is 0 Å². The topological polar surface area (TPSA) is 101 Å². The molecule has 0 saturated carbocycles. The molecule has 1 saturated heterocycles. The van der Waals surface area contributed by atoms with Crippen molar-refractivity contribution in [3.8, 4) is 0 Å². The number of carbonyl (C=O) groups is 2. The summed E-state index contributed by atoms with van der Waals surface area (Å²) in [4.78, 5) is 25.4. The van der Waals surface area contributed by atoms with Crippen LogP contribution in [0.2, 0.25) is 0 Å². The Hall–Kier alpha value is -2.24. The Morgan fingerprint density at radius 2 is 2.20 bits per heavy atom. The van der Waals surface area contributed by atoms with E-state index in [2.05, 4.69) is 5.32 Å². The van der Waals surface area contributed by atoms with Gasteiger partial charge in [0.1, 0.15) is 0 Å². The molecule has 1 fully saturated rings. The highest BCUT2D eigenvalue weighted by Crippen LogP contribution is 2.16. The van der Waals surface area contributed by atoms with Gasteiger partial charge in [-0.1, -0.05) is 0 Å². The van der Waals surface area contributed by atoms with E-state index in [4.69, 9.17) is 11.5 Å². The third-order valence-electron chi connectivity index (χ3n) is 3.36. The average Bonchev–Trinajstić information content (AvgIpc) is 2.74. The van der Waals surface area contributed by atoms with Gasteiger partial charge in [0.05, 0.1) is 5.56 Å². The molecule has 0 spiro atoms. The third kappa shape index (κ3) is 3.20. The van der Waals surface area contributed by atoms with E-state index in [1.807, 2.05) is 6.92 Å². The highest BCUT2D eigenvalue weighted by Gasteiger charge is 2.22. The largest absolute Gasteiger partial charge is 0.399 e. The molecule has 6 heteroatoms. The number of nitrogens with one attached hydrogen (secondary N) is 1. The molecule has 1 heterocycles. The standard InChI is InChI=1S/C14H20N4O2/c1-9(8-18-6-2-3-13(18)19)17-14(20)11-5-4-10(15)7-12(11)16/h4-5,7,9H,2-3,6,8,15-16H2,1H3,(H,17,20). The summed E-state index contributed by atoms with van der Waals surface area (Å²) in [6.45, 7) is 3.17. The lowest BCUT2D eigenvalue weighted by molar-refractivity contribution is -0.127. The van der Waals surface area contributed by atoms with Gasteiger partial charge in [0.15, 0.2) is 0 Å². The highest BCUT2D eigenvalue weighted by molar-refractivity contribution is 5.99. The van der Waals surface area contributed by atoms with Crippen molar-refractivity contribution in [1.82, 2.24) is 10.2 Å². The maximum Gasteiger partial charge on any atom is 0.253 e. The molecule has 1 aliphatic rings. The minimum atomic E-state index is -0.248. The Bertz CT molecular complexity index is 530. The van der Waals surface area contributed by atoms with E-state index in [1.54, 1.807) is 23.1 Å². The van der Waals surface area contributed by atoms with Gasteiger partial charge in [0.25, 0.3) is 5.91 Å². The molecule has 0 aromatic heterocycles. The van der Waals surface area contributed by atoms with Crippen molar-refractivity contribution in [1.29, 1.82) is 0 Å². The van der Waals surface area contributed by atoms with Crippen LogP contribution in [0.25, 0.3) is 0 Å². The molecule has 2 rings (SSSR count). The minimum Gasteiger partial charge on any atom is -0.399 e. The fourth-order valence-electron chi connectivity index (χ4n) is 2.36. The summed E-state index contributed by atoms with van der Waals surface area (Å²) in [6.07, 6.45) is 1.50. The van der Waals surface area contributed by atoms with E-state index in [9.17, 15) is 9.59 Å². The molecule has 1 aliphatic heterocycles. The smallest absolute Gasteiger partial charge is 0.253 e. The second-order valence-corrected chi connectivity index (χ2v) is 5.16. The van der Waals surface area contributed by atoms with Gasteiger partial charge >= 0.3 is 0 Å². The third-order valence-corrected chi connectivity index (χ3v) is 3.36. The summed E-state index contributed by atoms with van der Waals surface area (Å²) < 4.78 is 0. The van der Waals surface area contributed by atoms with Crippen LogP contribution in [0.3, 0.4) is 0 Å². The molecule has 108 valence electrons. The van der Waals surface area contributed by atoms with Gasteiger partial charge in [0.2, 0.25) is 5.91 Å². The number of amides is 2. The Morgan fingerprint density at radius 3 is 2.80 bits per heavy atom. The lowest BCUT2D eigenvalue weighted by atomic mass is 10.1. The number of hydrogen-bond donors (Lipinski definition) is 3. The van der Waals surface area contributed by atoms with Crippen LogP contribution < -0.4 is 16.8 Å². The summed E-state index contributed by atoms with van der Waals surface area (Å²) in [5.41, 5.74) is 12.7. The Labute approximate surface area is 118 Å². The van der Waals surface area contributed by atoms with Crippen LogP contribution in [0.1, 0.15) is 30.1 Å². The van der Waals surface area contributed by atoms with Gasteiger partial charge in [-0.2, -0.15) is 0 Å². The summed E-state index contributed by atoms with van der Waals surface area (Å²) in [7, 11) is 0. The highest BCUT2D eigenvalue weighted by atomic mass is 16.2. The van der Waals surface area contributed by atoms with Crippen LogP contribution in [0.4, 0.5) is 11.4 Å². The van der Waals surface area contributed by atoms with E-state index in [0.29, 0.717) is 29.9 Å². The predicted molar refractivity (Wildman–Crippen MR) is 78.0 cm³/mol. The zero-order chi connectivity index (χ0) is 14.7. The van der Waals surface area contributed by atoms with E-state index in [-0.39, 0.29) is 17.9 Å². The number of nitrogens with two attached hydrogens (primary N) is 2. The Balaban J connectivity index is 1.95. The predicted octanol–water partition coefficient (Wildman–Crippen LogP) is 0.592. The molecule has 20 heavy (non-hydrogen) atoms. The normalized spacial score (nSPS) is 16.2. The molecule has 0 radical (unpaired) electrons. The molecule has 1 atom stereocenters. The van der Waals surface area contributed by atoms with Crippen molar-refractivity contribution in [2.75, 3.05) is 24.6 Å². The van der Waals surface area contributed by atoms with E-state index in [1.165, 1.54) is 0 Å². The van der Waals surface area contributed by atoms with Gasteiger partial charge < -0.3 is 21.7 Å². The van der Waals surface area contributed by atoms with Crippen molar-refractivity contribution < 1.29 is 9.59 Å². The molecule has 5 N–H and O–H groups in total. The molecule has 1 unspecified atom stereocenters. The van der Waals surface area contributed by atoms with Gasteiger partial charge in [0, 0.05) is 36.9 Å². The fraction of sp³-hybridized carbons (Fsp3) is 0.429. The van der Waals surface area contributed by atoms with Crippen LogP contribution in [0, 0.1) is 0 Å². The zero-order valence-electron chi connectivity index (χ0n) is 11.6. The lowest BCUT2D eigenvalue weighted by Crippen LogP contribution is -2.42. The first kappa shape index (κ1) is 14.2. The lowest BCUT2D eigenvalue weighted by Gasteiger charge is -2.22. The molecule has 2 amide bonds. The Kier molecular flexibility index (Phi) is 4.12. The second kappa shape index (κ2) is 5.81. The average molecular weight is 276 g/mol. The molecule has 6 nitrogen and oxygen atoms in total. The molecule has 1 aromatic rings. The Morgan fingerprint density at radius 1 is 1.45 bits per heavy atom. The van der Waals surface area contributed by atoms with Crippen LogP contribution in [0.15, 0.2) is 18.2 Å². The first-order valence-corrected chi connectivity index (χ1v) is 6.71. The van der Waals surface area contributed by atoms with Crippen molar-refractivity contribution in [3.05, 3.63) is 23.8 Å². The van der Waals surface area contributed by atoms with Crippen LogP contribution in [0.5, 0.6) is 0 Å². The summed E-state index contributed by atoms with van der Waals surface area (Å²) in [5.74, 6) is -0.0975. The molecule has 1 aromatic carbocycles. The number of hydrogen-bond acceptors (Lipinski definition) is 4. The van der Waals surface area contributed by atoms with Gasteiger partial charge in [-0.25, -0.2) is 0 Å². The summed E-state index contributed by atoms with van der Waals surface area (Å²) in [5, 5.41) is 2.85. The minimum absolute atomic E-state index is 0.124. The maximum atomic E-state index is 12.1. The summed E-state index contributed by atoms with van der Waals surface area (Å²) in [6, 6.07) is 4.68. The number of benzene rings is 1. The monoisotopic (exact) mass is 276 g/mol. The van der Waals surface area contributed by atoms with E-state index >= 15 is 0 Å². The summed E-state index contributed by atoms with van der Waals surface area (Å²) >= 11 is 0. The zero-order valence-corrected chi connectivity index (χ0v) is 11.6. The van der Waals surface area contributed by atoms with Gasteiger partial charge in [-0.3, -0.25) is 9.59 Å². The number of anilines is 2. The maximum absolute atomic E-state index is 12.1.